The molecule has 0 bridgehead atoms. The Kier molecular flexibility index (Phi) is 5.26. The second-order valence-corrected chi connectivity index (χ2v) is 8.20. The van der Waals surface area contributed by atoms with Gasteiger partial charge < -0.3 is 10.3 Å². The Labute approximate surface area is 179 Å². The van der Waals surface area contributed by atoms with Crippen LogP contribution in [0, 0.1) is 4.77 Å². The Hall–Kier alpha value is -3.26. The van der Waals surface area contributed by atoms with Crippen LogP contribution in [0.2, 0.25) is 0 Å². The number of hydrogen-bond donors (Lipinski definition) is 2. The molecule has 8 heteroatoms. The van der Waals surface area contributed by atoms with Gasteiger partial charge >= 0.3 is 0 Å². The molecule has 4 rings (SSSR count). The molecule has 0 fully saturated rings. The van der Waals surface area contributed by atoms with Crippen LogP contribution in [0.4, 0.5) is 5.69 Å². The van der Waals surface area contributed by atoms with Gasteiger partial charge in [0.1, 0.15) is 0 Å². The normalized spacial score (nSPS) is 11.5. The third-order valence-corrected chi connectivity index (χ3v) is 5.26. The lowest BCUT2D eigenvalue weighted by molar-refractivity contribution is 0.102. The number of rotatable bonds is 5. The van der Waals surface area contributed by atoms with Crippen molar-refractivity contribution in [3.05, 3.63) is 65.0 Å². The zero-order valence-corrected chi connectivity index (χ0v) is 18.2. The number of fused-ring (bicyclic) bond motifs is 1. The number of carbonyl (C=O) groups excluding carboxylic acids is 1. The zero-order valence-electron chi connectivity index (χ0n) is 17.4. The Morgan fingerprint density at radius 1 is 1.20 bits per heavy atom. The number of imidazole rings is 1. The molecule has 30 heavy (non-hydrogen) atoms. The first-order valence-electron chi connectivity index (χ1n) is 9.91. The van der Waals surface area contributed by atoms with E-state index in [4.69, 9.17) is 17.2 Å². The average Bonchev–Trinajstić information content (AvgIpc) is 3.33. The maximum atomic E-state index is 13.2. The molecule has 0 unspecified atom stereocenters. The summed E-state index contributed by atoms with van der Waals surface area (Å²) in [6.07, 6.45) is 5.35. The number of H-pyrrole nitrogens is 1. The van der Waals surface area contributed by atoms with Gasteiger partial charge in [-0.1, -0.05) is 19.9 Å². The SMILES string of the molecule is CC(C)c1cc(C(=O)Nc2cccc(-n3cc[nH]c3=S)c2)c2cnn(C(C)C)c2n1. The van der Waals surface area contributed by atoms with E-state index in [1.807, 2.05) is 59.6 Å². The van der Waals surface area contributed by atoms with Crippen molar-refractivity contribution in [3.63, 3.8) is 0 Å². The summed E-state index contributed by atoms with van der Waals surface area (Å²) >= 11 is 5.29. The number of anilines is 1. The van der Waals surface area contributed by atoms with E-state index in [-0.39, 0.29) is 17.9 Å². The molecular formula is C22H24N6OS. The molecule has 7 nitrogen and oxygen atoms in total. The second-order valence-electron chi connectivity index (χ2n) is 7.81. The highest BCUT2D eigenvalue weighted by Crippen LogP contribution is 2.25. The van der Waals surface area contributed by atoms with E-state index in [0.29, 0.717) is 16.0 Å². The van der Waals surface area contributed by atoms with E-state index in [2.05, 4.69) is 29.2 Å². The van der Waals surface area contributed by atoms with Crippen LogP contribution >= 0.6 is 12.2 Å². The fraction of sp³-hybridized carbons (Fsp3) is 0.273. The molecule has 0 radical (unpaired) electrons. The van der Waals surface area contributed by atoms with Crippen molar-refractivity contribution in [3.8, 4) is 5.69 Å². The Morgan fingerprint density at radius 2 is 2.00 bits per heavy atom. The number of amides is 1. The molecule has 1 amide bonds. The van der Waals surface area contributed by atoms with Gasteiger partial charge in [0.25, 0.3) is 5.91 Å². The number of nitrogens with zero attached hydrogens (tertiary/aromatic N) is 4. The van der Waals surface area contributed by atoms with Crippen LogP contribution in [0.15, 0.2) is 48.9 Å². The van der Waals surface area contributed by atoms with E-state index in [9.17, 15) is 4.79 Å². The van der Waals surface area contributed by atoms with Crippen molar-refractivity contribution in [2.75, 3.05) is 5.32 Å². The summed E-state index contributed by atoms with van der Waals surface area (Å²) in [6, 6.07) is 9.58. The van der Waals surface area contributed by atoms with Crippen molar-refractivity contribution in [2.45, 2.75) is 39.7 Å². The molecule has 0 saturated carbocycles. The van der Waals surface area contributed by atoms with Gasteiger partial charge in [0.05, 0.1) is 17.1 Å². The molecular weight excluding hydrogens is 396 g/mol. The van der Waals surface area contributed by atoms with Gasteiger partial charge in [-0.05, 0) is 56.2 Å². The standard InChI is InChI=1S/C22H24N6OS/c1-13(2)19-11-17(18-12-24-28(14(3)4)20(18)26-19)21(29)25-15-6-5-7-16(10-15)27-9-8-23-22(27)30/h5-14H,1-4H3,(H,23,30)(H,25,29). The van der Waals surface area contributed by atoms with Crippen molar-refractivity contribution < 1.29 is 4.79 Å². The van der Waals surface area contributed by atoms with Crippen molar-refractivity contribution >= 4 is 34.8 Å². The summed E-state index contributed by atoms with van der Waals surface area (Å²) in [5, 5.41) is 8.22. The summed E-state index contributed by atoms with van der Waals surface area (Å²) in [7, 11) is 0. The topological polar surface area (TPSA) is 80.5 Å². The summed E-state index contributed by atoms with van der Waals surface area (Å²) in [5.41, 5.74) is 3.72. The number of aromatic amines is 1. The molecule has 0 spiro atoms. The average molecular weight is 421 g/mol. The molecule has 3 aromatic heterocycles. The van der Waals surface area contributed by atoms with Crippen LogP contribution < -0.4 is 5.32 Å². The molecule has 154 valence electrons. The fourth-order valence-electron chi connectivity index (χ4n) is 3.35. The van der Waals surface area contributed by atoms with Crippen LogP contribution in [0.1, 0.15) is 55.7 Å². The monoisotopic (exact) mass is 420 g/mol. The van der Waals surface area contributed by atoms with E-state index >= 15 is 0 Å². The molecule has 1 aromatic carbocycles. The minimum Gasteiger partial charge on any atom is -0.337 e. The Morgan fingerprint density at radius 3 is 2.67 bits per heavy atom. The van der Waals surface area contributed by atoms with Gasteiger partial charge in [-0.15, -0.1) is 0 Å². The van der Waals surface area contributed by atoms with E-state index in [1.165, 1.54) is 0 Å². The number of hydrogen-bond acceptors (Lipinski definition) is 4. The molecule has 3 heterocycles. The van der Waals surface area contributed by atoms with Gasteiger partial charge in [0.15, 0.2) is 10.4 Å². The van der Waals surface area contributed by atoms with Gasteiger partial charge in [-0.25, -0.2) is 9.67 Å². The summed E-state index contributed by atoms with van der Waals surface area (Å²) in [6.45, 7) is 8.23. The van der Waals surface area contributed by atoms with Crippen molar-refractivity contribution in [2.24, 2.45) is 0 Å². The van der Waals surface area contributed by atoms with E-state index < -0.39 is 0 Å². The first-order valence-corrected chi connectivity index (χ1v) is 10.3. The lowest BCUT2D eigenvalue weighted by atomic mass is 10.0. The van der Waals surface area contributed by atoms with Gasteiger partial charge in [0, 0.05) is 35.5 Å². The number of nitrogens with one attached hydrogen (secondary N) is 2. The van der Waals surface area contributed by atoms with E-state index in [0.717, 1.165) is 22.4 Å². The van der Waals surface area contributed by atoms with Crippen molar-refractivity contribution in [1.29, 1.82) is 0 Å². The van der Waals surface area contributed by atoms with Crippen LogP contribution in [-0.2, 0) is 0 Å². The van der Waals surface area contributed by atoms with Gasteiger partial charge in [-0.2, -0.15) is 5.10 Å². The third kappa shape index (κ3) is 3.66. The smallest absolute Gasteiger partial charge is 0.256 e. The highest BCUT2D eigenvalue weighted by atomic mass is 32.1. The lowest BCUT2D eigenvalue weighted by Gasteiger charge is -2.13. The van der Waals surface area contributed by atoms with Crippen molar-refractivity contribution in [1.82, 2.24) is 24.3 Å². The number of pyridine rings is 1. The van der Waals surface area contributed by atoms with Gasteiger partial charge in [-0.3, -0.25) is 9.36 Å². The van der Waals surface area contributed by atoms with E-state index in [1.54, 1.807) is 12.4 Å². The first kappa shape index (κ1) is 20.0. The molecule has 0 aliphatic carbocycles. The minimum absolute atomic E-state index is 0.149. The highest BCUT2D eigenvalue weighted by molar-refractivity contribution is 7.71. The largest absolute Gasteiger partial charge is 0.337 e. The quantitative estimate of drug-likeness (QED) is 0.433. The number of carbonyl (C=O) groups is 1. The summed E-state index contributed by atoms with van der Waals surface area (Å²) in [5.74, 6) is -0.00215. The Balaban J connectivity index is 1.73. The maximum Gasteiger partial charge on any atom is 0.256 e. The molecule has 0 aliphatic rings. The molecule has 0 atom stereocenters. The van der Waals surface area contributed by atoms with Crippen LogP contribution in [0.5, 0.6) is 0 Å². The van der Waals surface area contributed by atoms with Crippen LogP contribution in [0.3, 0.4) is 0 Å². The molecule has 0 aliphatic heterocycles. The molecule has 0 saturated heterocycles. The van der Waals surface area contributed by atoms with Crippen LogP contribution in [-0.4, -0.2) is 30.2 Å². The molecule has 2 N–H and O–H groups in total. The predicted molar refractivity (Wildman–Crippen MR) is 121 cm³/mol. The van der Waals surface area contributed by atoms with Gasteiger partial charge in [0.2, 0.25) is 0 Å². The molecule has 4 aromatic rings. The minimum atomic E-state index is -0.192. The Bertz CT molecular complexity index is 1280. The third-order valence-electron chi connectivity index (χ3n) is 4.94. The fourth-order valence-corrected chi connectivity index (χ4v) is 3.59. The first-order chi connectivity index (χ1) is 14.3. The zero-order chi connectivity index (χ0) is 21.4. The number of aromatic nitrogens is 5. The summed E-state index contributed by atoms with van der Waals surface area (Å²) in [4.78, 5) is 21.0. The highest BCUT2D eigenvalue weighted by Gasteiger charge is 2.19. The van der Waals surface area contributed by atoms with Crippen LogP contribution in [0.25, 0.3) is 16.7 Å². The maximum absolute atomic E-state index is 13.2. The summed E-state index contributed by atoms with van der Waals surface area (Å²) < 4.78 is 4.29. The predicted octanol–water partition coefficient (Wildman–Crippen LogP) is 5.24. The second kappa shape index (κ2) is 7.87. The number of benzene rings is 1. The lowest BCUT2D eigenvalue weighted by Crippen LogP contribution is -2.14.